The fraction of sp³-hybridized carbons (Fsp3) is 0.643. The molecule has 1 saturated heterocycles. The van der Waals surface area contributed by atoms with Crippen molar-refractivity contribution < 1.29 is 0 Å². The maximum Gasteiger partial charge on any atom is 0.0434 e. The second kappa shape index (κ2) is 4.86. The van der Waals surface area contributed by atoms with E-state index in [2.05, 4.69) is 36.7 Å². The number of hydrogen-bond acceptors (Lipinski definition) is 2. The molecule has 1 aromatic rings. The first-order chi connectivity index (χ1) is 7.77. The third kappa shape index (κ3) is 1.93. The first-order valence-corrected chi connectivity index (χ1v) is 6.49. The predicted octanol–water partition coefficient (Wildman–Crippen LogP) is 3.41. The van der Waals surface area contributed by atoms with Crippen molar-refractivity contribution in [3.05, 3.63) is 24.0 Å². The molecular weight excluding hydrogens is 196 g/mol. The average molecular weight is 218 g/mol. The second-order valence-electron chi connectivity index (χ2n) is 4.75. The highest BCUT2D eigenvalue weighted by molar-refractivity contribution is 5.54. The lowest BCUT2D eigenvalue weighted by molar-refractivity contribution is 0.625. The number of anilines is 1. The summed E-state index contributed by atoms with van der Waals surface area (Å²) in [6.45, 7) is 6.85. The van der Waals surface area contributed by atoms with Gasteiger partial charge in [0.15, 0.2) is 0 Å². The predicted molar refractivity (Wildman–Crippen MR) is 68.9 cm³/mol. The topological polar surface area (TPSA) is 16.1 Å². The molecule has 0 bridgehead atoms. The van der Waals surface area contributed by atoms with Crippen molar-refractivity contribution in [2.24, 2.45) is 0 Å². The molecule has 1 aliphatic heterocycles. The molecule has 1 fully saturated rings. The maximum atomic E-state index is 4.24. The lowest BCUT2D eigenvalue weighted by Crippen LogP contribution is -2.34. The van der Waals surface area contributed by atoms with Crippen LogP contribution in [0.4, 0.5) is 5.69 Å². The molecule has 0 radical (unpaired) electrons. The van der Waals surface area contributed by atoms with Gasteiger partial charge in [-0.05, 0) is 44.2 Å². The smallest absolute Gasteiger partial charge is 0.0434 e. The van der Waals surface area contributed by atoms with E-state index >= 15 is 0 Å². The Bertz CT molecular complexity index is 348. The minimum Gasteiger partial charge on any atom is -0.366 e. The first-order valence-electron chi connectivity index (χ1n) is 6.49. The maximum absolute atomic E-state index is 4.24. The van der Waals surface area contributed by atoms with Crippen LogP contribution in [0.15, 0.2) is 18.5 Å². The van der Waals surface area contributed by atoms with Crippen molar-refractivity contribution >= 4 is 5.69 Å². The Morgan fingerprint density at radius 3 is 2.88 bits per heavy atom. The minimum atomic E-state index is 0.678. The number of pyridine rings is 1. The van der Waals surface area contributed by atoms with Crippen LogP contribution in [-0.2, 0) is 6.42 Å². The van der Waals surface area contributed by atoms with Gasteiger partial charge >= 0.3 is 0 Å². The molecule has 88 valence electrons. The van der Waals surface area contributed by atoms with Gasteiger partial charge in [0.05, 0.1) is 0 Å². The van der Waals surface area contributed by atoms with Gasteiger partial charge in [-0.3, -0.25) is 4.98 Å². The Balaban J connectivity index is 2.34. The number of aromatic nitrogens is 1. The molecule has 0 saturated carbocycles. The van der Waals surface area contributed by atoms with E-state index < -0.39 is 0 Å². The van der Waals surface area contributed by atoms with Gasteiger partial charge < -0.3 is 4.90 Å². The number of nitrogens with zero attached hydrogens (tertiary/aromatic N) is 2. The molecule has 0 N–H and O–H groups in total. The number of hydrogen-bond donors (Lipinski definition) is 0. The van der Waals surface area contributed by atoms with Gasteiger partial charge in [0.2, 0.25) is 0 Å². The summed E-state index contributed by atoms with van der Waals surface area (Å²) in [5.41, 5.74) is 2.80. The molecule has 2 heterocycles. The standard InChI is InChI=1S/C14H22N2/c1-4-12-10-15-9-8-14(12)16-11(3)6-7-13(16)5-2/h8-11,13H,4-7H2,1-3H3. The van der Waals surface area contributed by atoms with E-state index in [4.69, 9.17) is 0 Å². The van der Waals surface area contributed by atoms with Crippen LogP contribution in [0.3, 0.4) is 0 Å². The Hall–Kier alpha value is -1.05. The summed E-state index contributed by atoms with van der Waals surface area (Å²) < 4.78 is 0. The van der Waals surface area contributed by atoms with E-state index in [1.807, 2.05) is 12.4 Å². The molecule has 0 spiro atoms. The zero-order valence-corrected chi connectivity index (χ0v) is 10.6. The lowest BCUT2D eigenvalue weighted by atomic mass is 10.1. The molecular formula is C14H22N2. The Labute approximate surface area is 98.7 Å². The largest absolute Gasteiger partial charge is 0.366 e. The summed E-state index contributed by atoms with van der Waals surface area (Å²) in [4.78, 5) is 6.85. The van der Waals surface area contributed by atoms with Crippen molar-refractivity contribution in [1.29, 1.82) is 0 Å². The van der Waals surface area contributed by atoms with Gasteiger partial charge in [-0.25, -0.2) is 0 Å². The summed E-state index contributed by atoms with van der Waals surface area (Å²) >= 11 is 0. The fourth-order valence-electron chi connectivity index (χ4n) is 2.85. The SMILES string of the molecule is CCc1cnccc1N1C(C)CCC1CC. The van der Waals surface area contributed by atoms with E-state index in [1.165, 1.54) is 30.5 Å². The van der Waals surface area contributed by atoms with Crippen molar-refractivity contribution in [2.45, 2.75) is 58.5 Å². The van der Waals surface area contributed by atoms with Gasteiger partial charge in [0.1, 0.15) is 0 Å². The van der Waals surface area contributed by atoms with E-state index in [9.17, 15) is 0 Å². The summed E-state index contributed by atoms with van der Waals surface area (Å²) in [7, 11) is 0. The Morgan fingerprint density at radius 2 is 2.19 bits per heavy atom. The first kappa shape index (κ1) is 11.4. The second-order valence-corrected chi connectivity index (χ2v) is 4.75. The van der Waals surface area contributed by atoms with Crippen molar-refractivity contribution in [1.82, 2.24) is 4.98 Å². The van der Waals surface area contributed by atoms with Crippen LogP contribution in [0.25, 0.3) is 0 Å². The van der Waals surface area contributed by atoms with Crippen LogP contribution in [0.5, 0.6) is 0 Å². The molecule has 2 rings (SSSR count). The molecule has 2 atom stereocenters. The van der Waals surface area contributed by atoms with E-state index in [0.717, 1.165) is 12.5 Å². The van der Waals surface area contributed by atoms with Gasteiger partial charge in [-0.2, -0.15) is 0 Å². The fourth-order valence-corrected chi connectivity index (χ4v) is 2.85. The van der Waals surface area contributed by atoms with Crippen molar-refractivity contribution in [2.75, 3.05) is 4.90 Å². The van der Waals surface area contributed by atoms with Gasteiger partial charge in [0, 0.05) is 30.2 Å². The quantitative estimate of drug-likeness (QED) is 0.773. The average Bonchev–Trinajstić information content (AvgIpc) is 2.70. The molecule has 2 heteroatoms. The van der Waals surface area contributed by atoms with Gasteiger partial charge in [0.25, 0.3) is 0 Å². The molecule has 2 nitrogen and oxygen atoms in total. The van der Waals surface area contributed by atoms with Crippen LogP contribution >= 0.6 is 0 Å². The third-order valence-corrected chi connectivity index (χ3v) is 3.79. The highest BCUT2D eigenvalue weighted by atomic mass is 15.2. The van der Waals surface area contributed by atoms with Crippen LogP contribution in [0.2, 0.25) is 0 Å². The monoisotopic (exact) mass is 218 g/mol. The number of rotatable bonds is 3. The normalized spacial score (nSPS) is 25.1. The van der Waals surface area contributed by atoms with E-state index in [1.54, 1.807) is 0 Å². The third-order valence-electron chi connectivity index (χ3n) is 3.79. The molecule has 0 aromatic carbocycles. The summed E-state index contributed by atoms with van der Waals surface area (Å²) in [6.07, 6.45) is 8.92. The minimum absolute atomic E-state index is 0.678. The Kier molecular flexibility index (Phi) is 3.47. The zero-order valence-electron chi connectivity index (χ0n) is 10.6. The van der Waals surface area contributed by atoms with Gasteiger partial charge in [-0.15, -0.1) is 0 Å². The molecule has 2 unspecified atom stereocenters. The van der Waals surface area contributed by atoms with Crippen LogP contribution in [0.1, 0.15) is 45.6 Å². The zero-order chi connectivity index (χ0) is 11.5. The van der Waals surface area contributed by atoms with Crippen molar-refractivity contribution in [3.63, 3.8) is 0 Å². The highest BCUT2D eigenvalue weighted by Gasteiger charge is 2.30. The summed E-state index contributed by atoms with van der Waals surface area (Å²) in [6, 6.07) is 3.59. The molecule has 0 amide bonds. The summed E-state index contributed by atoms with van der Waals surface area (Å²) in [5.74, 6) is 0. The summed E-state index contributed by atoms with van der Waals surface area (Å²) in [5, 5.41) is 0. The van der Waals surface area contributed by atoms with Crippen LogP contribution < -0.4 is 4.90 Å². The van der Waals surface area contributed by atoms with Gasteiger partial charge in [-0.1, -0.05) is 13.8 Å². The van der Waals surface area contributed by atoms with Crippen LogP contribution in [0, 0.1) is 0 Å². The van der Waals surface area contributed by atoms with E-state index in [-0.39, 0.29) is 0 Å². The molecule has 1 aliphatic rings. The molecule has 16 heavy (non-hydrogen) atoms. The number of aryl methyl sites for hydroxylation is 1. The van der Waals surface area contributed by atoms with E-state index in [0.29, 0.717) is 6.04 Å². The highest BCUT2D eigenvalue weighted by Crippen LogP contribution is 2.33. The molecule has 1 aromatic heterocycles. The lowest BCUT2D eigenvalue weighted by Gasteiger charge is -2.31. The Morgan fingerprint density at radius 1 is 1.38 bits per heavy atom. The molecule has 0 aliphatic carbocycles. The van der Waals surface area contributed by atoms with Crippen LogP contribution in [-0.4, -0.2) is 17.1 Å². The van der Waals surface area contributed by atoms with Crippen molar-refractivity contribution in [3.8, 4) is 0 Å².